The van der Waals surface area contributed by atoms with Gasteiger partial charge < -0.3 is 10.6 Å². The van der Waals surface area contributed by atoms with E-state index in [1.165, 1.54) is 51.4 Å². The van der Waals surface area contributed by atoms with Gasteiger partial charge >= 0.3 is 0 Å². The predicted molar refractivity (Wildman–Crippen MR) is 88.4 cm³/mol. The van der Waals surface area contributed by atoms with Crippen LogP contribution in [0, 0.1) is 11.8 Å². The van der Waals surface area contributed by atoms with Crippen LogP contribution in [0.25, 0.3) is 0 Å². The van der Waals surface area contributed by atoms with Crippen LogP contribution in [0.15, 0.2) is 0 Å². The molecule has 0 saturated heterocycles. The molecule has 22 heavy (non-hydrogen) atoms. The Morgan fingerprint density at radius 2 is 1.05 bits per heavy atom. The van der Waals surface area contributed by atoms with Gasteiger partial charge in [0.15, 0.2) is 0 Å². The number of hydrogen-bond acceptors (Lipinski definition) is 2. The second kappa shape index (κ2) is 9.86. The average molecular weight is 308 g/mol. The molecule has 4 nitrogen and oxygen atoms in total. The molecule has 2 aliphatic carbocycles. The normalized spacial score (nSPS) is 19.5. The van der Waals surface area contributed by atoms with Crippen molar-refractivity contribution in [2.45, 2.75) is 77.0 Å². The quantitative estimate of drug-likeness (QED) is 0.643. The molecule has 0 bridgehead atoms. The second-order valence-corrected chi connectivity index (χ2v) is 7.08. The maximum absolute atomic E-state index is 11.7. The zero-order valence-electron chi connectivity index (χ0n) is 13.9. The standard InChI is InChI=1S/C18H32N2O2/c21-17(11-9-15-5-1-2-6-15)19-13-14-20-18(22)12-10-16-7-3-4-8-16/h15-16H,1-14H2,(H,19,21)(H,20,22). The molecule has 2 rings (SSSR count). The van der Waals surface area contributed by atoms with Crippen LogP contribution in [0.4, 0.5) is 0 Å². The van der Waals surface area contributed by atoms with E-state index in [1.54, 1.807) is 0 Å². The molecular formula is C18H32N2O2. The molecule has 2 amide bonds. The summed E-state index contributed by atoms with van der Waals surface area (Å²) >= 11 is 0. The van der Waals surface area contributed by atoms with Crippen molar-refractivity contribution in [2.75, 3.05) is 13.1 Å². The highest BCUT2D eigenvalue weighted by atomic mass is 16.2. The molecule has 4 heteroatoms. The summed E-state index contributed by atoms with van der Waals surface area (Å²) in [5.41, 5.74) is 0. The maximum Gasteiger partial charge on any atom is 0.220 e. The summed E-state index contributed by atoms with van der Waals surface area (Å²) in [6.45, 7) is 1.11. The average Bonchev–Trinajstić information content (AvgIpc) is 3.20. The van der Waals surface area contributed by atoms with Crippen LogP contribution in [0.5, 0.6) is 0 Å². The van der Waals surface area contributed by atoms with Crippen molar-refractivity contribution >= 4 is 11.8 Å². The molecule has 0 heterocycles. The van der Waals surface area contributed by atoms with Gasteiger partial charge in [-0.3, -0.25) is 9.59 Å². The lowest BCUT2D eigenvalue weighted by atomic mass is 10.0. The minimum absolute atomic E-state index is 0.132. The summed E-state index contributed by atoms with van der Waals surface area (Å²) in [5.74, 6) is 1.79. The number of nitrogens with one attached hydrogen (secondary N) is 2. The van der Waals surface area contributed by atoms with Crippen molar-refractivity contribution in [1.29, 1.82) is 0 Å². The fourth-order valence-electron chi connectivity index (χ4n) is 3.85. The van der Waals surface area contributed by atoms with E-state index in [0.717, 1.165) is 24.7 Å². The summed E-state index contributed by atoms with van der Waals surface area (Å²) in [5, 5.41) is 5.81. The minimum Gasteiger partial charge on any atom is -0.354 e. The van der Waals surface area contributed by atoms with Crippen molar-refractivity contribution in [3.05, 3.63) is 0 Å². The SMILES string of the molecule is O=C(CCC1CCCC1)NCCNC(=O)CCC1CCCC1. The van der Waals surface area contributed by atoms with E-state index in [2.05, 4.69) is 10.6 Å². The molecule has 0 aromatic rings. The van der Waals surface area contributed by atoms with Gasteiger partial charge in [0, 0.05) is 25.9 Å². The van der Waals surface area contributed by atoms with E-state index < -0.39 is 0 Å². The predicted octanol–water partition coefficient (Wildman–Crippen LogP) is 3.16. The largest absolute Gasteiger partial charge is 0.354 e. The molecule has 126 valence electrons. The zero-order chi connectivity index (χ0) is 15.6. The molecule has 0 aliphatic heterocycles. The zero-order valence-corrected chi connectivity index (χ0v) is 13.9. The fraction of sp³-hybridized carbons (Fsp3) is 0.889. The molecule has 0 unspecified atom stereocenters. The number of hydrogen-bond donors (Lipinski definition) is 2. The van der Waals surface area contributed by atoms with Crippen molar-refractivity contribution in [3.63, 3.8) is 0 Å². The van der Waals surface area contributed by atoms with Crippen molar-refractivity contribution in [1.82, 2.24) is 10.6 Å². The van der Waals surface area contributed by atoms with Gasteiger partial charge in [0.25, 0.3) is 0 Å². The highest BCUT2D eigenvalue weighted by Gasteiger charge is 2.17. The van der Waals surface area contributed by atoms with E-state index in [0.29, 0.717) is 25.9 Å². The first-order chi connectivity index (χ1) is 10.7. The summed E-state index contributed by atoms with van der Waals surface area (Å²) in [7, 11) is 0. The van der Waals surface area contributed by atoms with E-state index in [9.17, 15) is 9.59 Å². The van der Waals surface area contributed by atoms with E-state index in [-0.39, 0.29) is 11.8 Å². The summed E-state index contributed by atoms with van der Waals surface area (Å²) in [6.07, 6.45) is 13.8. The number of amides is 2. The van der Waals surface area contributed by atoms with Crippen molar-refractivity contribution in [2.24, 2.45) is 11.8 Å². The van der Waals surface area contributed by atoms with Crippen molar-refractivity contribution in [3.8, 4) is 0 Å². The van der Waals surface area contributed by atoms with Gasteiger partial charge in [-0.15, -0.1) is 0 Å². The Balaban J connectivity index is 1.42. The van der Waals surface area contributed by atoms with Crippen LogP contribution < -0.4 is 10.6 Å². The first-order valence-electron chi connectivity index (χ1n) is 9.27. The van der Waals surface area contributed by atoms with Crippen molar-refractivity contribution < 1.29 is 9.59 Å². The second-order valence-electron chi connectivity index (χ2n) is 7.08. The Kier molecular flexibility index (Phi) is 7.75. The van der Waals surface area contributed by atoms with E-state index in [4.69, 9.17) is 0 Å². The van der Waals surface area contributed by atoms with Gasteiger partial charge in [-0.25, -0.2) is 0 Å². The molecule has 2 N–H and O–H groups in total. The van der Waals surface area contributed by atoms with Crippen LogP contribution in [0.2, 0.25) is 0 Å². The van der Waals surface area contributed by atoms with Gasteiger partial charge in [0.2, 0.25) is 11.8 Å². The van der Waals surface area contributed by atoms with Gasteiger partial charge in [-0.1, -0.05) is 51.4 Å². The summed E-state index contributed by atoms with van der Waals surface area (Å²) in [6, 6.07) is 0. The molecule has 0 aromatic heterocycles. The Morgan fingerprint density at radius 1 is 0.682 bits per heavy atom. The molecule has 2 saturated carbocycles. The highest BCUT2D eigenvalue weighted by Crippen LogP contribution is 2.29. The van der Waals surface area contributed by atoms with E-state index >= 15 is 0 Å². The molecule has 0 aromatic carbocycles. The Labute approximate surface area is 134 Å². The lowest BCUT2D eigenvalue weighted by molar-refractivity contribution is -0.123. The molecule has 0 radical (unpaired) electrons. The first kappa shape index (κ1) is 17.3. The fourth-order valence-corrected chi connectivity index (χ4v) is 3.85. The molecule has 2 fully saturated rings. The Hall–Kier alpha value is -1.06. The number of carbonyl (C=O) groups is 2. The van der Waals surface area contributed by atoms with Crippen LogP contribution in [0.3, 0.4) is 0 Å². The van der Waals surface area contributed by atoms with Gasteiger partial charge in [-0.2, -0.15) is 0 Å². The minimum atomic E-state index is 0.132. The summed E-state index contributed by atoms with van der Waals surface area (Å²) in [4.78, 5) is 23.4. The number of rotatable bonds is 9. The van der Waals surface area contributed by atoms with Crippen LogP contribution in [-0.4, -0.2) is 24.9 Å². The molecule has 0 atom stereocenters. The van der Waals surface area contributed by atoms with Crippen LogP contribution in [0.1, 0.15) is 77.0 Å². The molecular weight excluding hydrogens is 276 g/mol. The smallest absolute Gasteiger partial charge is 0.220 e. The molecule has 0 spiro atoms. The summed E-state index contributed by atoms with van der Waals surface area (Å²) < 4.78 is 0. The third kappa shape index (κ3) is 6.80. The van der Waals surface area contributed by atoms with E-state index in [1.807, 2.05) is 0 Å². The lowest BCUT2D eigenvalue weighted by Gasteiger charge is -2.11. The lowest BCUT2D eigenvalue weighted by Crippen LogP contribution is -2.34. The topological polar surface area (TPSA) is 58.2 Å². The van der Waals surface area contributed by atoms with Crippen LogP contribution >= 0.6 is 0 Å². The van der Waals surface area contributed by atoms with Gasteiger partial charge in [-0.05, 0) is 24.7 Å². The monoisotopic (exact) mass is 308 g/mol. The third-order valence-electron chi connectivity index (χ3n) is 5.28. The molecule has 2 aliphatic rings. The van der Waals surface area contributed by atoms with Gasteiger partial charge in [0.1, 0.15) is 0 Å². The van der Waals surface area contributed by atoms with Gasteiger partial charge in [0.05, 0.1) is 0 Å². The van der Waals surface area contributed by atoms with Crippen LogP contribution in [-0.2, 0) is 9.59 Å². The Bertz CT molecular complexity index is 311. The maximum atomic E-state index is 11.7. The number of carbonyl (C=O) groups excluding carboxylic acids is 2. The first-order valence-corrected chi connectivity index (χ1v) is 9.27. The third-order valence-corrected chi connectivity index (χ3v) is 5.28. The highest BCUT2D eigenvalue weighted by molar-refractivity contribution is 5.77. The Morgan fingerprint density at radius 3 is 1.41 bits per heavy atom.